The Balaban J connectivity index is 1.19. The number of carbonyl (C=O) groups excluding carboxylic acids is 1. The zero-order valence-corrected chi connectivity index (χ0v) is 20.7. The topological polar surface area (TPSA) is 140 Å². The summed E-state index contributed by atoms with van der Waals surface area (Å²) in [5.74, 6) is 0.728. The van der Waals surface area contributed by atoms with E-state index in [1.54, 1.807) is 61.1 Å². The molecule has 0 radical (unpaired) electrons. The zero-order valence-electron chi connectivity index (χ0n) is 20.7. The van der Waals surface area contributed by atoms with E-state index in [9.17, 15) is 4.79 Å². The van der Waals surface area contributed by atoms with Crippen LogP contribution in [-0.2, 0) is 4.74 Å². The van der Waals surface area contributed by atoms with Crippen molar-refractivity contribution < 1.29 is 14.3 Å². The van der Waals surface area contributed by atoms with E-state index >= 15 is 0 Å². The van der Waals surface area contributed by atoms with Gasteiger partial charge in [-0.15, -0.1) is 0 Å². The number of nitrogens with zero attached hydrogens (tertiary/aromatic N) is 5. The first-order valence-corrected chi connectivity index (χ1v) is 12.2. The van der Waals surface area contributed by atoms with Crippen molar-refractivity contribution in [2.75, 3.05) is 55.8 Å². The number of anilines is 4. The monoisotopic (exact) mass is 512 g/mol. The molecule has 2 aromatic heterocycles. The quantitative estimate of drug-likeness (QED) is 0.286. The molecule has 1 aliphatic rings. The molecule has 194 valence electrons. The van der Waals surface area contributed by atoms with E-state index in [1.807, 2.05) is 12.1 Å². The average molecular weight is 513 g/mol. The maximum Gasteiger partial charge on any atom is 0.255 e. The normalized spacial score (nSPS) is 13.6. The minimum Gasteiger partial charge on any atom is -0.492 e. The standard InChI is InChI=1S/C27H28N8O3/c28-23-7-6-22(38-14-11-35-9-12-37-13-10-35)16-25(23)33-26(36)19-3-1-4-21(15-19)32-27-29-17-20(18-30-27)24-5-2-8-31-34-24/h1-8,15-18H,9-14,28H2,(H,33,36)(H,29,30,32). The molecule has 38 heavy (non-hydrogen) atoms. The first-order valence-electron chi connectivity index (χ1n) is 12.2. The summed E-state index contributed by atoms with van der Waals surface area (Å²) in [7, 11) is 0. The van der Waals surface area contributed by atoms with Crippen LogP contribution in [0.2, 0.25) is 0 Å². The second kappa shape index (κ2) is 12.1. The maximum atomic E-state index is 13.0. The molecule has 1 amide bonds. The van der Waals surface area contributed by atoms with Crippen molar-refractivity contribution in [2.45, 2.75) is 0 Å². The maximum absolute atomic E-state index is 13.0. The highest BCUT2D eigenvalue weighted by Gasteiger charge is 2.12. The third kappa shape index (κ3) is 6.58. The van der Waals surface area contributed by atoms with Crippen molar-refractivity contribution in [3.63, 3.8) is 0 Å². The lowest BCUT2D eigenvalue weighted by atomic mass is 10.1. The second-order valence-corrected chi connectivity index (χ2v) is 8.62. The number of morpholine rings is 1. The van der Waals surface area contributed by atoms with Crippen LogP contribution in [0.4, 0.5) is 23.0 Å². The van der Waals surface area contributed by atoms with Gasteiger partial charge >= 0.3 is 0 Å². The summed E-state index contributed by atoms with van der Waals surface area (Å²) in [6.07, 6.45) is 4.93. The van der Waals surface area contributed by atoms with Crippen LogP contribution in [0, 0.1) is 0 Å². The van der Waals surface area contributed by atoms with Gasteiger partial charge in [0.05, 0.1) is 30.3 Å². The number of amides is 1. The van der Waals surface area contributed by atoms with Crippen LogP contribution in [0.5, 0.6) is 5.75 Å². The summed E-state index contributed by atoms with van der Waals surface area (Å²) in [6, 6.07) is 15.9. The predicted octanol–water partition coefficient (Wildman–Crippen LogP) is 3.22. The van der Waals surface area contributed by atoms with E-state index in [1.165, 1.54) is 0 Å². The van der Waals surface area contributed by atoms with Gasteiger partial charge in [0.15, 0.2) is 0 Å². The Labute approximate surface area is 220 Å². The Kier molecular flexibility index (Phi) is 7.97. The zero-order chi connectivity index (χ0) is 26.2. The van der Waals surface area contributed by atoms with E-state index in [2.05, 4.69) is 35.7 Å². The number of ether oxygens (including phenoxy) is 2. The Morgan fingerprint density at radius 1 is 1.05 bits per heavy atom. The molecule has 3 heterocycles. The Hall–Kier alpha value is -4.61. The summed E-state index contributed by atoms with van der Waals surface area (Å²) >= 11 is 0. The molecule has 4 aromatic rings. The average Bonchev–Trinajstić information content (AvgIpc) is 2.96. The van der Waals surface area contributed by atoms with Crippen LogP contribution >= 0.6 is 0 Å². The van der Waals surface area contributed by atoms with Gasteiger partial charge in [-0.05, 0) is 42.5 Å². The summed E-state index contributed by atoms with van der Waals surface area (Å²) in [5.41, 5.74) is 9.60. The highest BCUT2D eigenvalue weighted by atomic mass is 16.5. The van der Waals surface area contributed by atoms with Crippen molar-refractivity contribution in [3.8, 4) is 17.0 Å². The number of rotatable bonds is 9. The number of hydrogen-bond acceptors (Lipinski definition) is 10. The predicted molar refractivity (Wildman–Crippen MR) is 144 cm³/mol. The van der Waals surface area contributed by atoms with Crippen molar-refractivity contribution in [2.24, 2.45) is 0 Å². The molecule has 11 heteroatoms. The molecule has 4 N–H and O–H groups in total. The van der Waals surface area contributed by atoms with E-state index in [0.29, 0.717) is 46.6 Å². The molecule has 11 nitrogen and oxygen atoms in total. The molecule has 0 saturated carbocycles. The molecule has 1 aliphatic heterocycles. The van der Waals surface area contributed by atoms with Crippen molar-refractivity contribution in [1.82, 2.24) is 25.1 Å². The van der Waals surface area contributed by atoms with Gasteiger partial charge < -0.3 is 25.8 Å². The van der Waals surface area contributed by atoms with E-state index < -0.39 is 0 Å². The van der Waals surface area contributed by atoms with Crippen LogP contribution in [-0.4, -0.2) is 70.4 Å². The van der Waals surface area contributed by atoms with Gasteiger partial charge in [-0.3, -0.25) is 9.69 Å². The fourth-order valence-electron chi connectivity index (χ4n) is 3.89. The minimum atomic E-state index is -0.301. The molecule has 0 bridgehead atoms. The van der Waals surface area contributed by atoms with Crippen LogP contribution in [0.1, 0.15) is 10.4 Å². The molecule has 5 rings (SSSR count). The lowest BCUT2D eigenvalue weighted by molar-refractivity contribution is 0.0322. The van der Waals surface area contributed by atoms with Crippen molar-refractivity contribution in [3.05, 3.63) is 78.8 Å². The Bertz CT molecular complexity index is 1360. The van der Waals surface area contributed by atoms with E-state index in [-0.39, 0.29) is 5.91 Å². The number of hydrogen-bond donors (Lipinski definition) is 3. The van der Waals surface area contributed by atoms with Crippen molar-refractivity contribution in [1.29, 1.82) is 0 Å². The molecule has 0 atom stereocenters. The molecular weight excluding hydrogens is 484 g/mol. The van der Waals surface area contributed by atoms with E-state index in [0.717, 1.165) is 38.4 Å². The highest BCUT2D eigenvalue weighted by molar-refractivity contribution is 6.06. The molecule has 0 spiro atoms. The molecule has 0 aliphatic carbocycles. The molecule has 1 saturated heterocycles. The van der Waals surface area contributed by atoms with Crippen LogP contribution in [0.25, 0.3) is 11.3 Å². The van der Waals surface area contributed by atoms with Gasteiger partial charge in [-0.25, -0.2) is 9.97 Å². The van der Waals surface area contributed by atoms with E-state index in [4.69, 9.17) is 15.2 Å². The van der Waals surface area contributed by atoms with Gasteiger partial charge in [0.2, 0.25) is 5.95 Å². The molecular formula is C27H28N8O3. The van der Waals surface area contributed by atoms with Gasteiger partial charge in [-0.2, -0.15) is 10.2 Å². The summed E-state index contributed by atoms with van der Waals surface area (Å²) < 4.78 is 11.3. The number of aromatic nitrogens is 4. The Morgan fingerprint density at radius 2 is 1.89 bits per heavy atom. The highest BCUT2D eigenvalue weighted by Crippen LogP contribution is 2.26. The number of benzene rings is 2. The van der Waals surface area contributed by atoms with Crippen LogP contribution in [0.3, 0.4) is 0 Å². The number of carbonyl (C=O) groups is 1. The summed E-state index contributed by atoms with van der Waals surface area (Å²) in [5, 5.41) is 13.9. The Morgan fingerprint density at radius 3 is 2.68 bits per heavy atom. The van der Waals surface area contributed by atoms with Gasteiger partial charge in [0.25, 0.3) is 5.91 Å². The smallest absolute Gasteiger partial charge is 0.255 e. The SMILES string of the molecule is Nc1ccc(OCCN2CCOCC2)cc1NC(=O)c1cccc(Nc2ncc(-c3cccnn3)cn2)c1. The number of nitrogens with two attached hydrogens (primary N) is 1. The minimum absolute atomic E-state index is 0.301. The first kappa shape index (κ1) is 25.1. The van der Waals surface area contributed by atoms with Gasteiger partial charge in [0.1, 0.15) is 12.4 Å². The second-order valence-electron chi connectivity index (χ2n) is 8.62. The summed E-state index contributed by atoms with van der Waals surface area (Å²) in [6.45, 7) is 4.64. The van der Waals surface area contributed by atoms with Crippen LogP contribution < -0.4 is 21.1 Å². The molecule has 1 fully saturated rings. The van der Waals surface area contributed by atoms with Gasteiger partial charge in [-0.1, -0.05) is 6.07 Å². The molecule has 2 aromatic carbocycles. The lowest BCUT2D eigenvalue weighted by Crippen LogP contribution is -2.38. The fraction of sp³-hybridized carbons (Fsp3) is 0.222. The summed E-state index contributed by atoms with van der Waals surface area (Å²) in [4.78, 5) is 24.0. The third-order valence-corrected chi connectivity index (χ3v) is 5.95. The largest absolute Gasteiger partial charge is 0.492 e. The van der Waals surface area contributed by atoms with Crippen molar-refractivity contribution >= 4 is 28.9 Å². The lowest BCUT2D eigenvalue weighted by Gasteiger charge is -2.26. The first-order chi connectivity index (χ1) is 18.6. The molecule has 0 unspecified atom stereocenters. The fourth-order valence-corrected chi connectivity index (χ4v) is 3.89. The number of nitrogens with one attached hydrogen (secondary N) is 2. The number of nitrogen functional groups attached to an aromatic ring is 1. The van der Waals surface area contributed by atoms with Gasteiger partial charge in [0, 0.05) is 61.1 Å². The van der Waals surface area contributed by atoms with Crippen LogP contribution in [0.15, 0.2) is 73.2 Å². The third-order valence-electron chi connectivity index (χ3n) is 5.95.